The van der Waals surface area contributed by atoms with Gasteiger partial charge in [0.15, 0.2) is 0 Å². The molecule has 0 aliphatic rings. The molecule has 0 aliphatic carbocycles. The minimum absolute atomic E-state index is 0.0253. The number of rotatable bonds is 2. The first kappa shape index (κ1) is 8.83. The Labute approximate surface area is 66.0 Å². The first-order valence-electron chi connectivity index (χ1n) is 3.12. The van der Waals surface area contributed by atoms with Crippen molar-refractivity contribution in [3.05, 3.63) is 24.2 Å². The molecule has 0 unspecified atom stereocenters. The number of hydrogen-bond donors (Lipinski definition) is 0. The predicted molar refractivity (Wildman–Crippen MR) is 33.5 cm³/mol. The van der Waals surface area contributed by atoms with E-state index in [1.54, 1.807) is 0 Å². The Morgan fingerprint density at radius 3 is 2.58 bits per heavy atom. The van der Waals surface area contributed by atoms with E-state index in [4.69, 9.17) is 0 Å². The van der Waals surface area contributed by atoms with E-state index < -0.39 is 18.4 Å². The van der Waals surface area contributed by atoms with Gasteiger partial charge < -0.3 is 4.42 Å². The van der Waals surface area contributed by atoms with E-state index >= 15 is 0 Å². The van der Waals surface area contributed by atoms with Crippen molar-refractivity contribution >= 4 is 5.78 Å². The SMILES string of the molecule is O=C(Cc1ccco1)C(F)(F)F. The highest BCUT2D eigenvalue weighted by Gasteiger charge is 2.38. The summed E-state index contributed by atoms with van der Waals surface area (Å²) in [5.74, 6) is -1.77. The van der Waals surface area contributed by atoms with Crippen LogP contribution in [0.2, 0.25) is 0 Å². The van der Waals surface area contributed by atoms with Crippen molar-refractivity contribution in [2.45, 2.75) is 12.6 Å². The number of Topliss-reactive ketones (excluding diaryl/α,β-unsaturated/α-hetero) is 1. The number of alkyl halides is 3. The first-order chi connectivity index (χ1) is 5.50. The number of carbonyl (C=O) groups is 1. The van der Waals surface area contributed by atoms with Crippen LogP contribution in [0.3, 0.4) is 0 Å². The second-order valence-corrected chi connectivity index (χ2v) is 2.18. The fraction of sp³-hybridized carbons (Fsp3) is 0.286. The van der Waals surface area contributed by atoms with E-state index in [0.29, 0.717) is 0 Å². The zero-order valence-electron chi connectivity index (χ0n) is 5.89. The Morgan fingerprint density at radius 1 is 1.50 bits per heavy atom. The molecule has 66 valence electrons. The molecule has 1 rings (SSSR count). The second-order valence-electron chi connectivity index (χ2n) is 2.18. The average molecular weight is 178 g/mol. The van der Waals surface area contributed by atoms with Crippen LogP contribution < -0.4 is 0 Å². The molecule has 12 heavy (non-hydrogen) atoms. The summed E-state index contributed by atoms with van der Waals surface area (Å²) >= 11 is 0. The number of ketones is 1. The Bertz CT molecular complexity index is 261. The third-order valence-corrected chi connectivity index (χ3v) is 1.23. The van der Waals surface area contributed by atoms with E-state index in [1.165, 1.54) is 18.4 Å². The van der Waals surface area contributed by atoms with E-state index in [0.717, 1.165) is 0 Å². The second kappa shape index (κ2) is 3.00. The lowest BCUT2D eigenvalue weighted by Crippen LogP contribution is -2.24. The van der Waals surface area contributed by atoms with E-state index in [2.05, 4.69) is 4.42 Å². The van der Waals surface area contributed by atoms with Crippen molar-refractivity contribution in [1.29, 1.82) is 0 Å². The van der Waals surface area contributed by atoms with Gasteiger partial charge in [-0.1, -0.05) is 0 Å². The van der Waals surface area contributed by atoms with Crippen molar-refractivity contribution < 1.29 is 22.4 Å². The summed E-state index contributed by atoms with van der Waals surface area (Å²) in [5.41, 5.74) is 0. The molecule has 0 spiro atoms. The Kier molecular flexibility index (Phi) is 2.21. The van der Waals surface area contributed by atoms with Gasteiger partial charge in [-0.2, -0.15) is 13.2 Å². The van der Waals surface area contributed by atoms with Crippen molar-refractivity contribution in [2.24, 2.45) is 0 Å². The standard InChI is InChI=1S/C7H5F3O2/c8-7(9,10)6(11)4-5-2-1-3-12-5/h1-3H,4H2. The van der Waals surface area contributed by atoms with Crippen LogP contribution in [0.25, 0.3) is 0 Å². The fourth-order valence-corrected chi connectivity index (χ4v) is 0.672. The van der Waals surface area contributed by atoms with Gasteiger partial charge in [-0.25, -0.2) is 0 Å². The molecule has 1 aromatic heterocycles. The summed E-state index contributed by atoms with van der Waals surface area (Å²) in [6.45, 7) is 0. The molecular formula is C7H5F3O2. The zero-order valence-corrected chi connectivity index (χ0v) is 5.89. The summed E-state index contributed by atoms with van der Waals surface area (Å²) in [7, 11) is 0. The third-order valence-electron chi connectivity index (χ3n) is 1.23. The van der Waals surface area contributed by atoms with Crippen LogP contribution in [0.5, 0.6) is 0 Å². The molecule has 0 bridgehead atoms. The van der Waals surface area contributed by atoms with Crippen LogP contribution >= 0.6 is 0 Å². The molecule has 1 aromatic rings. The maximum absolute atomic E-state index is 11.6. The van der Waals surface area contributed by atoms with Gasteiger partial charge in [0.2, 0.25) is 5.78 Å². The summed E-state index contributed by atoms with van der Waals surface area (Å²) in [4.78, 5) is 10.3. The van der Waals surface area contributed by atoms with Gasteiger partial charge in [-0.05, 0) is 12.1 Å². The van der Waals surface area contributed by atoms with Crippen molar-refractivity contribution in [2.75, 3.05) is 0 Å². The molecule has 0 N–H and O–H groups in total. The fourth-order valence-electron chi connectivity index (χ4n) is 0.672. The van der Waals surface area contributed by atoms with Crippen LogP contribution in [0.15, 0.2) is 22.8 Å². The average Bonchev–Trinajstić information content (AvgIpc) is 2.37. The Hall–Kier alpha value is -1.26. The number of hydrogen-bond acceptors (Lipinski definition) is 2. The van der Waals surface area contributed by atoms with Gasteiger partial charge in [-0.15, -0.1) is 0 Å². The normalized spacial score (nSPS) is 11.6. The summed E-state index contributed by atoms with van der Waals surface area (Å²) in [6, 6.07) is 2.75. The van der Waals surface area contributed by atoms with Crippen LogP contribution in [-0.2, 0) is 11.2 Å². The van der Waals surface area contributed by atoms with Crippen molar-refractivity contribution in [1.82, 2.24) is 0 Å². The van der Waals surface area contributed by atoms with Gasteiger partial charge in [0, 0.05) is 0 Å². The lowest BCUT2D eigenvalue weighted by molar-refractivity contribution is -0.170. The third kappa shape index (κ3) is 2.11. The quantitative estimate of drug-likeness (QED) is 0.692. The van der Waals surface area contributed by atoms with Crippen LogP contribution in [-0.4, -0.2) is 12.0 Å². The first-order valence-corrected chi connectivity index (χ1v) is 3.12. The number of carbonyl (C=O) groups excluding carboxylic acids is 1. The maximum atomic E-state index is 11.6. The zero-order chi connectivity index (χ0) is 9.19. The summed E-state index contributed by atoms with van der Waals surface area (Å²) < 4.78 is 39.5. The molecule has 0 amide bonds. The minimum Gasteiger partial charge on any atom is -0.469 e. The summed E-state index contributed by atoms with van der Waals surface area (Å²) in [5, 5.41) is 0. The van der Waals surface area contributed by atoms with Crippen LogP contribution in [0.4, 0.5) is 13.2 Å². The Morgan fingerprint density at radius 2 is 2.17 bits per heavy atom. The van der Waals surface area contributed by atoms with E-state index in [1.807, 2.05) is 0 Å². The molecule has 0 radical (unpaired) electrons. The van der Waals surface area contributed by atoms with E-state index in [-0.39, 0.29) is 5.76 Å². The van der Waals surface area contributed by atoms with Crippen molar-refractivity contribution in [3.8, 4) is 0 Å². The van der Waals surface area contributed by atoms with Crippen molar-refractivity contribution in [3.63, 3.8) is 0 Å². The van der Waals surface area contributed by atoms with Gasteiger partial charge in [0.1, 0.15) is 5.76 Å². The molecule has 0 atom stereocenters. The number of furan rings is 1. The largest absolute Gasteiger partial charge is 0.469 e. The highest BCUT2D eigenvalue weighted by Crippen LogP contribution is 2.18. The lowest BCUT2D eigenvalue weighted by Gasteiger charge is -2.01. The molecule has 0 saturated heterocycles. The molecular weight excluding hydrogens is 173 g/mol. The van der Waals surface area contributed by atoms with Crippen LogP contribution in [0.1, 0.15) is 5.76 Å². The van der Waals surface area contributed by atoms with Gasteiger partial charge in [-0.3, -0.25) is 4.79 Å². The maximum Gasteiger partial charge on any atom is 0.450 e. The number of halogens is 3. The minimum atomic E-state index is -4.77. The predicted octanol–water partition coefficient (Wildman–Crippen LogP) is 1.95. The van der Waals surface area contributed by atoms with Crippen LogP contribution in [0, 0.1) is 0 Å². The highest BCUT2D eigenvalue weighted by atomic mass is 19.4. The molecule has 2 nitrogen and oxygen atoms in total. The Balaban J connectivity index is 2.60. The monoisotopic (exact) mass is 178 g/mol. The van der Waals surface area contributed by atoms with Gasteiger partial charge in [0.05, 0.1) is 12.7 Å². The highest BCUT2D eigenvalue weighted by molar-refractivity contribution is 5.85. The van der Waals surface area contributed by atoms with E-state index in [9.17, 15) is 18.0 Å². The molecule has 0 saturated carbocycles. The molecule has 5 heteroatoms. The van der Waals surface area contributed by atoms with Gasteiger partial charge in [0.25, 0.3) is 0 Å². The molecule has 0 aromatic carbocycles. The lowest BCUT2D eigenvalue weighted by atomic mass is 10.2. The molecule has 1 heterocycles. The molecule has 0 fully saturated rings. The smallest absolute Gasteiger partial charge is 0.450 e. The topological polar surface area (TPSA) is 30.2 Å². The summed E-state index contributed by atoms with van der Waals surface area (Å²) in [6.07, 6.45) is -4.28. The molecule has 0 aliphatic heterocycles. The van der Waals surface area contributed by atoms with Gasteiger partial charge >= 0.3 is 6.18 Å².